The fourth-order valence-electron chi connectivity index (χ4n) is 3.24. The van der Waals surface area contributed by atoms with Crippen LogP contribution in [-0.2, 0) is 17.8 Å². The van der Waals surface area contributed by atoms with E-state index in [4.69, 9.17) is 5.26 Å². The third-order valence-corrected chi connectivity index (χ3v) is 5.89. The Morgan fingerprint density at radius 1 is 1.00 bits per heavy atom. The van der Waals surface area contributed by atoms with Crippen LogP contribution in [0.15, 0.2) is 83.8 Å². The average molecular weight is 470 g/mol. The van der Waals surface area contributed by atoms with Crippen LogP contribution in [0.2, 0.25) is 0 Å². The van der Waals surface area contributed by atoms with Gasteiger partial charge in [-0.05, 0) is 41.5 Å². The Kier molecular flexibility index (Phi) is 7.87. The number of anilines is 2. The number of carbonyl (C=O) groups is 1. The van der Waals surface area contributed by atoms with Gasteiger partial charge in [-0.3, -0.25) is 4.79 Å². The highest BCUT2D eigenvalue weighted by Gasteiger charge is 2.08. The van der Waals surface area contributed by atoms with Gasteiger partial charge in [0.25, 0.3) is 0 Å². The van der Waals surface area contributed by atoms with Crippen LogP contribution in [0.4, 0.5) is 11.4 Å². The third-order valence-electron chi connectivity index (χ3n) is 4.95. The van der Waals surface area contributed by atoms with Crippen LogP contribution in [0.5, 0.6) is 0 Å². The molecule has 1 heterocycles. The van der Waals surface area contributed by atoms with Crippen molar-refractivity contribution in [2.75, 3.05) is 22.9 Å². The number of aryl methyl sites for hydroxylation is 2. The molecule has 1 aromatic heterocycles. The quantitative estimate of drug-likeness (QED) is 0.334. The first-order valence-electron chi connectivity index (χ1n) is 10.8. The Morgan fingerprint density at radius 3 is 2.56 bits per heavy atom. The molecule has 3 aromatic carbocycles. The molecule has 0 aliphatic carbocycles. The van der Waals surface area contributed by atoms with E-state index in [-0.39, 0.29) is 12.5 Å². The zero-order chi connectivity index (χ0) is 23.6. The summed E-state index contributed by atoms with van der Waals surface area (Å²) in [6.07, 6.45) is 0.766. The molecule has 0 atom stereocenters. The zero-order valence-corrected chi connectivity index (χ0v) is 19.2. The summed E-state index contributed by atoms with van der Waals surface area (Å²) in [5, 5.41) is 27.5. The lowest BCUT2D eigenvalue weighted by Crippen LogP contribution is -2.22. The summed E-state index contributed by atoms with van der Waals surface area (Å²) in [5.41, 5.74) is 3.65. The summed E-state index contributed by atoms with van der Waals surface area (Å²) in [4.78, 5) is 14.8. The first-order valence-corrected chi connectivity index (χ1v) is 11.7. The Bertz CT molecular complexity index is 1270. The van der Waals surface area contributed by atoms with Gasteiger partial charge in [-0.2, -0.15) is 10.1 Å². The molecule has 0 spiro atoms. The van der Waals surface area contributed by atoms with Gasteiger partial charge in [-0.25, -0.2) is 0 Å². The fraction of sp³-hybridized carbons (Fsp3) is 0.160. The first kappa shape index (κ1) is 23.0. The minimum Gasteiger partial charge on any atom is -0.376 e. The Labute approximate surface area is 202 Å². The van der Waals surface area contributed by atoms with E-state index < -0.39 is 0 Å². The van der Waals surface area contributed by atoms with E-state index in [1.807, 2.05) is 78.9 Å². The number of rotatable bonds is 10. The normalized spacial score (nSPS) is 10.4. The monoisotopic (exact) mass is 469 g/mol. The molecule has 4 aromatic rings. The molecule has 1 amide bonds. The van der Waals surface area contributed by atoms with E-state index in [1.54, 1.807) is 4.80 Å². The number of tetrazole rings is 1. The van der Waals surface area contributed by atoms with Crippen molar-refractivity contribution < 1.29 is 4.79 Å². The predicted molar refractivity (Wildman–Crippen MR) is 133 cm³/mol. The number of aromatic nitrogens is 4. The minimum atomic E-state index is -0.152. The number of carbonyl (C=O) groups excluding carboxylic acids is 1. The molecule has 0 radical (unpaired) electrons. The van der Waals surface area contributed by atoms with Crippen molar-refractivity contribution in [3.63, 3.8) is 0 Å². The maximum Gasteiger partial charge on any atom is 0.243 e. The molecule has 0 aliphatic rings. The fourth-order valence-corrected chi connectivity index (χ4v) is 3.91. The van der Waals surface area contributed by atoms with Gasteiger partial charge in [-0.15, -0.1) is 22.0 Å². The van der Waals surface area contributed by atoms with E-state index in [1.165, 1.54) is 11.8 Å². The van der Waals surface area contributed by atoms with Gasteiger partial charge >= 0.3 is 0 Å². The van der Waals surface area contributed by atoms with Crippen LogP contribution in [0.25, 0.3) is 11.4 Å². The van der Waals surface area contributed by atoms with Crippen molar-refractivity contribution in [1.29, 1.82) is 5.26 Å². The molecule has 8 nitrogen and oxygen atoms in total. The van der Waals surface area contributed by atoms with Gasteiger partial charge in [0.15, 0.2) is 0 Å². The highest BCUT2D eigenvalue weighted by Crippen LogP contribution is 2.26. The van der Waals surface area contributed by atoms with Crippen LogP contribution in [0, 0.1) is 11.3 Å². The third kappa shape index (κ3) is 6.43. The molecule has 9 heteroatoms. The lowest BCUT2D eigenvalue weighted by molar-refractivity contribution is -0.114. The Hall–Kier alpha value is -4.16. The van der Waals surface area contributed by atoms with Gasteiger partial charge < -0.3 is 10.6 Å². The SMILES string of the molecule is N#CCSc1ccccc1NC(=O)CNc1ccc(CCn2nnc(-c3ccccc3)n2)cc1. The second kappa shape index (κ2) is 11.6. The summed E-state index contributed by atoms with van der Waals surface area (Å²) in [5.74, 6) is 0.795. The number of benzene rings is 3. The van der Waals surface area contributed by atoms with Crippen molar-refractivity contribution in [1.82, 2.24) is 20.2 Å². The maximum absolute atomic E-state index is 12.4. The standard InChI is InChI=1S/C25H23N7OS/c26-15-17-34-23-9-5-4-8-22(23)28-24(33)18-27-21-12-10-19(11-13-21)14-16-32-30-25(29-31-32)20-6-2-1-3-7-20/h1-13,27H,14,16-18H2,(H,28,33). The molecule has 34 heavy (non-hydrogen) atoms. The summed E-state index contributed by atoms with van der Waals surface area (Å²) < 4.78 is 0. The van der Waals surface area contributed by atoms with Crippen molar-refractivity contribution in [2.45, 2.75) is 17.9 Å². The predicted octanol–water partition coefficient (Wildman–Crippen LogP) is 4.25. The number of nitriles is 1. The molecule has 0 fully saturated rings. The van der Waals surface area contributed by atoms with Gasteiger partial charge in [0.2, 0.25) is 11.7 Å². The summed E-state index contributed by atoms with van der Waals surface area (Å²) >= 11 is 1.40. The van der Waals surface area contributed by atoms with Gasteiger partial charge in [0.05, 0.1) is 30.6 Å². The molecule has 0 aliphatic heterocycles. The van der Waals surface area contributed by atoms with E-state index in [0.29, 0.717) is 23.8 Å². The van der Waals surface area contributed by atoms with Crippen molar-refractivity contribution in [3.8, 4) is 17.5 Å². The summed E-state index contributed by atoms with van der Waals surface area (Å²) in [6.45, 7) is 0.764. The lowest BCUT2D eigenvalue weighted by atomic mass is 10.1. The van der Waals surface area contributed by atoms with Crippen LogP contribution in [-0.4, -0.2) is 38.4 Å². The number of nitrogens with zero attached hydrogens (tertiary/aromatic N) is 5. The van der Waals surface area contributed by atoms with Crippen LogP contribution >= 0.6 is 11.8 Å². The minimum absolute atomic E-state index is 0.141. The van der Waals surface area contributed by atoms with Crippen molar-refractivity contribution in [3.05, 3.63) is 84.4 Å². The van der Waals surface area contributed by atoms with Crippen molar-refractivity contribution >= 4 is 29.0 Å². The topological polar surface area (TPSA) is 109 Å². The first-order chi connectivity index (χ1) is 16.7. The molecule has 2 N–H and O–H groups in total. The molecule has 170 valence electrons. The number of hydrogen-bond acceptors (Lipinski definition) is 7. The lowest BCUT2D eigenvalue weighted by Gasteiger charge is -2.11. The summed E-state index contributed by atoms with van der Waals surface area (Å²) in [7, 11) is 0. The molecular weight excluding hydrogens is 446 g/mol. The number of hydrogen-bond donors (Lipinski definition) is 2. The molecule has 0 bridgehead atoms. The van der Waals surface area contributed by atoms with E-state index in [0.717, 1.165) is 28.1 Å². The number of para-hydroxylation sites is 1. The number of amides is 1. The summed E-state index contributed by atoms with van der Waals surface area (Å²) in [6, 6.07) is 27.3. The van der Waals surface area contributed by atoms with Gasteiger partial charge in [-0.1, -0.05) is 54.6 Å². The molecule has 0 unspecified atom stereocenters. The largest absolute Gasteiger partial charge is 0.376 e. The number of thioether (sulfide) groups is 1. The zero-order valence-electron chi connectivity index (χ0n) is 18.4. The van der Waals surface area contributed by atoms with Crippen molar-refractivity contribution in [2.24, 2.45) is 0 Å². The van der Waals surface area contributed by atoms with E-state index in [2.05, 4.69) is 32.1 Å². The number of nitrogens with one attached hydrogen (secondary N) is 2. The van der Waals surface area contributed by atoms with Crippen LogP contribution < -0.4 is 10.6 Å². The highest BCUT2D eigenvalue weighted by atomic mass is 32.2. The van der Waals surface area contributed by atoms with Gasteiger partial charge in [0.1, 0.15) is 0 Å². The maximum atomic E-state index is 12.4. The average Bonchev–Trinajstić information content (AvgIpc) is 3.36. The molecule has 0 saturated carbocycles. The molecule has 0 saturated heterocycles. The highest BCUT2D eigenvalue weighted by molar-refractivity contribution is 7.99. The molecule has 4 rings (SSSR count). The van der Waals surface area contributed by atoms with E-state index >= 15 is 0 Å². The second-order valence-corrected chi connectivity index (χ2v) is 8.38. The van der Waals surface area contributed by atoms with E-state index in [9.17, 15) is 4.79 Å². The second-order valence-electron chi connectivity index (χ2n) is 7.37. The smallest absolute Gasteiger partial charge is 0.243 e. The van der Waals surface area contributed by atoms with Crippen LogP contribution in [0.1, 0.15) is 5.56 Å². The Morgan fingerprint density at radius 2 is 1.76 bits per heavy atom. The Balaban J connectivity index is 1.25. The van der Waals surface area contributed by atoms with Crippen LogP contribution in [0.3, 0.4) is 0 Å². The molecular formula is C25H23N7OS. The van der Waals surface area contributed by atoms with Gasteiger partial charge in [0, 0.05) is 16.1 Å².